The van der Waals surface area contributed by atoms with Crippen molar-refractivity contribution in [3.63, 3.8) is 0 Å². The van der Waals surface area contributed by atoms with Crippen LogP contribution in [0.5, 0.6) is 11.5 Å². The summed E-state index contributed by atoms with van der Waals surface area (Å²) in [6, 6.07) is 3.97. The number of fused-ring (bicyclic) bond motifs is 3. The van der Waals surface area contributed by atoms with Gasteiger partial charge in [0, 0.05) is 38.8 Å². The van der Waals surface area contributed by atoms with E-state index in [4.69, 9.17) is 18.9 Å². The van der Waals surface area contributed by atoms with Crippen LogP contribution >= 0.6 is 0 Å². The lowest BCUT2D eigenvalue weighted by Crippen LogP contribution is -2.50. The third kappa shape index (κ3) is 4.93. The SMILES string of the molecule is CCOC(=O)C1=CN2C(CC1=O)c1cc(OC)c(OCCCOC)cc1CC2C(C)(C)C. The second-order valence-corrected chi connectivity index (χ2v) is 9.34. The molecule has 1 aromatic rings. The number of methoxy groups -OCH3 is 2. The highest BCUT2D eigenvalue weighted by molar-refractivity contribution is 6.17. The first kappa shape index (κ1) is 24.1. The Hall–Kier alpha value is -2.54. The molecule has 0 saturated carbocycles. The van der Waals surface area contributed by atoms with Crippen LogP contribution in [-0.4, -0.2) is 56.7 Å². The minimum absolute atomic E-state index is 0.0774. The van der Waals surface area contributed by atoms with E-state index in [1.54, 1.807) is 27.3 Å². The van der Waals surface area contributed by atoms with Gasteiger partial charge in [-0.1, -0.05) is 20.8 Å². The molecule has 0 amide bonds. The molecule has 7 heteroatoms. The minimum Gasteiger partial charge on any atom is -0.493 e. The summed E-state index contributed by atoms with van der Waals surface area (Å²) in [7, 11) is 3.29. The molecule has 3 rings (SSSR count). The Bertz CT molecular complexity index is 885. The van der Waals surface area contributed by atoms with Crippen LogP contribution in [0.2, 0.25) is 0 Å². The summed E-state index contributed by atoms with van der Waals surface area (Å²) in [5.41, 5.74) is 2.24. The van der Waals surface area contributed by atoms with E-state index in [2.05, 4.69) is 25.7 Å². The van der Waals surface area contributed by atoms with Crippen molar-refractivity contribution in [2.24, 2.45) is 5.41 Å². The summed E-state index contributed by atoms with van der Waals surface area (Å²) < 4.78 is 21.8. The van der Waals surface area contributed by atoms with Crippen LogP contribution in [0.15, 0.2) is 23.9 Å². The molecule has 0 bridgehead atoms. The average molecular weight is 446 g/mol. The lowest BCUT2D eigenvalue weighted by atomic mass is 9.74. The van der Waals surface area contributed by atoms with Gasteiger partial charge < -0.3 is 23.8 Å². The van der Waals surface area contributed by atoms with Crippen LogP contribution in [0.3, 0.4) is 0 Å². The Kier molecular flexibility index (Phi) is 7.49. The Morgan fingerprint density at radius 1 is 1.12 bits per heavy atom. The van der Waals surface area contributed by atoms with Crippen LogP contribution in [0.25, 0.3) is 0 Å². The van der Waals surface area contributed by atoms with E-state index >= 15 is 0 Å². The number of hydrogen-bond acceptors (Lipinski definition) is 7. The first-order chi connectivity index (χ1) is 15.2. The largest absolute Gasteiger partial charge is 0.493 e. The number of esters is 1. The van der Waals surface area contributed by atoms with E-state index in [0.29, 0.717) is 24.7 Å². The first-order valence-corrected chi connectivity index (χ1v) is 11.2. The number of carbonyl (C=O) groups excluding carboxylic acids is 2. The number of ketones is 1. The van der Waals surface area contributed by atoms with Gasteiger partial charge in [-0.3, -0.25) is 4.79 Å². The fourth-order valence-corrected chi connectivity index (χ4v) is 4.48. The summed E-state index contributed by atoms with van der Waals surface area (Å²) in [4.78, 5) is 27.5. The van der Waals surface area contributed by atoms with Crippen LogP contribution in [-0.2, 0) is 25.5 Å². The Balaban J connectivity index is 2.02. The fourth-order valence-electron chi connectivity index (χ4n) is 4.48. The van der Waals surface area contributed by atoms with Crippen molar-refractivity contribution in [3.05, 3.63) is 35.0 Å². The summed E-state index contributed by atoms with van der Waals surface area (Å²) >= 11 is 0. The molecule has 2 aliphatic heterocycles. The minimum atomic E-state index is -0.549. The summed E-state index contributed by atoms with van der Waals surface area (Å²) in [6.45, 7) is 9.69. The predicted octanol–water partition coefficient (Wildman–Crippen LogP) is 3.84. The Morgan fingerprint density at radius 2 is 1.88 bits per heavy atom. The summed E-state index contributed by atoms with van der Waals surface area (Å²) in [5, 5.41) is 0. The standard InChI is InChI=1S/C25H35NO6/c1-7-31-24(28)18-15-26-19(14-20(18)27)17-13-21(30-6)22(32-10-8-9-29-5)11-16(17)12-23(26)25(2,3)4/h11,13,15,19,23H,7-10,12,14H2,1-6H3. The predicted molar refractivity (Wildman–Crippen MR) is 121 cm³/mol. The van der Waals surface area contributed by atoms with Crippen molar-refractivity contribution in [1.82, 2.24) is 4.90 Å². The van der Waals surface area contributed by atoms with E-state index < -0.39 is 5.97 Å². The molecule has 176 valence electrons. The average Bonchev–Trinajstić information content (AvgIpc) is 2.74. The number of benzene rings is 1. The van der Waals surface area contributed by atoms with Gasteiger partial charge in [0.05, 0.1) is 26.4 Å². The molecule has 2 atom stereocenters. The molecule has 2 unspecified atom stereocenters. The van der Waals surface area contributed by atoms with Gasteiger partial charge in [-0.05, 0) is 42.0 Å². The van der Waals surface area contributed by atoms with E-state index in [-0.39, 0.29) is 41.9 Å². The van der Waals surface area contributed by atoms with Gasteiger partial charge in [0.2, 0.25) is 0 Å². The van der Waals surface area contributed by atoms with Crippen molar-refractivity contribution in [2.75, 3.05) is 34.0 Å². The summed E-state index contributed by atoms with van der Waals surface area (Å²) in [5.74, 6) is 0.604. The van der Waals surface area contributed by atoms with Gasteiger partial charge in [0.15, 0.2) is 17.3 Å². The smallest absolute Gasteiger partial charge is 0.343 e. The molecule has 0 aliphatic carbocycles. The van der Waals surface area contributed by atoms with Crippen molar-refractivity contribution in [1.29, 1.82) is 0 Å². The molecule has 0 radical (unpaired) electrons. The Morgan fingerprint density at radius 3 is 2.50 bits per heavy atom. The first-order valence-electron chi connectivity index (χ1n) is 11.2. The molecule has 0 fully saturated rings. The van der Waals surface area contributed by atoms with Gasteiger partial charge in [0.1, 0.15) is 5.57 Å². The zero-order chi connectivity index (χ0) is 23.5. The molecule has 0 N–H and O–H groups in total. The van der Waals surface area contributed by atoms with Crippen LogP contribution in [0.4, 0.5) is 0 Å². The van der Waals surface area contributed by atoms with Crippen molar-refractivity contribution >= 4 is 11.8 Å². The van der Waals surface area contributed by atoms with Gasteiger partial charge >= 0.3 is 5.97 Å². The zero-order valence-corrected chi connectivity index (χ0v) is 20.0. The monoisotopic (exact) mass is 445 g/mol. The molecule has 2 aliphatic rings. The van der Waals surface area contributed by atoms with Gasteiger partial charge in [0.25, 0.3) is 0 Å². The van der Waals surface area contributed by atoms with Crippen molar-refractivity contribution < 1.29 is 28.5 Å². The molecule has 32 heavy (non-hydrogen) atoms. The number of hydrogen-bond donors (Lipinski definition) is 0. The molecular weight excluding hydrogens is 410 g/mol. The topological polar surface area (TPSA) is 74.3 Å². The van der Waals surface area contributed by atoms with E-state index in [9.17, 15) is 9.59 Å². The van der Waals surface area contributed by atoms with E-state index in [0.717, 1.165) is 24.0 Å². The number of carbonyl (C=O) groups is 2. The number of rotatable bonds is 8. The van der Waals surface area contributed by atoms with Crippen LogP contribution in [0.1, 0.15) is 57.7 Å². The lowest BCUT2D eigenvalue weighted by Gasteiger charge is -2.50. The normalized spacial score (nSPS) is 20.2. The molecular formula is C25H35NO6. The second-order valence-electron chi connectivity index (χ2n) is 9.34. The van der Waals surface area contributed by atoms with Crippen LogP contribution < -0.4 is 9.47 Å². The molecule has 0 saturated heterocycles. The highest BCUT2D eigenvalue weighted by Gasteiger charge is 2.44. The van der Waals surface area contributed by atoms with Gasteiger partial charge in [-0.15, -0.1) is 0 Å². The van der Waals surface area contributed by atoms with E-state index in [1.807, 2.05) is 12.1 Å². The number of ether oxygens (including phenoxy) is 4. The van der Waals surface area contributed by atoms with Crippen LogP contribution in [0, 0.1) is 5.41 Å². The van der Waals surface area contributed by atoms with Gasteiger partial charge in [-0.25, -0.2) is 4.79 Å². The summed E-state index contributed by atoms with van der Waals surface area (Å²) in [6.07, 6.45) is 3.50. The fraction of sp³-hybridized carbons (Fsp3) is 0.600. The highest BCUT2D eigenvalue weighted by Crippen LogP contribution is 2.47. The number of nitrogens with zero attached hydrogens (tertiary/aromatic N) is 1. The van der Waals surface area contributed by atoms with Crippen molar-refractivity contribution in [2.45, 2.75) is 59.0 Å². The van der Waals surface area contributed by atoms with Crippen molar-refractivity contribution in [3.8, 4) is 11.5 Å². The van der Waals surface area contributed by atoms with Gasteiger partial charge in [-0.2, -0.15) is 0 Å². The maximum atomic E-state index is 12.9. The Labute approximate surface area is 190 Å². The van der Waals surface area contributed by atoms with E-state index in [1.165, 1.54) is 0 Å². The third-order valence-corrected chi connectivity index (χ3v) is 6.12. The maximum absolute atomic E-state index is 12.9. The molecule has 0 spiro atoms. The number of Topliss-reactive ketones (excluding diaryl/α,β-unsaturated/α-hetero) is 1. The molecule has 0 aromatic heterocycles. The molecule has 2 heterocycles. The third-order valence-electron chi connectivity index (χ3n) is 6.12. The maximum Gasteiger partial charge on any atom is 0.343 e. The highest BCUT2D eigenvalue weighted by atomic mass is 16.5. The lowest BCUT2D eigenvalue weighted by molar-refractivity contribution is -0.140. The zero-order valence-electron chi connectivity index (χ0n) is 20.0. The molecule has 7 nitrogen and oxygen atoms in total. The molecule has 1 aromatic carbocycles. The second kappa shape index (κ2) is 9.94. The quantitative estimate of drug-likeness (QED) is 0.342.